The summed E-state index contributed by atoms with van der Waals surface area (Å²) in [5.74, 6) is -1.20. The SMILES string of the molecule is COc1ccc(C(=O)O[C@H]2C[C@@]3(C)O[C@H]3[C@@H](O)[C@@]3(C)[C@@H](OC(C)=O)C[C@@](O)(C(C)C)[C@H]23)cc1OC. The molecule has 0 unspecified atom stereocenters. The van der Waals surface area contributed by atoms with E-state index < -0.39 is 58.9 Å². The van der Waals surface area contributed by atoms with Crippen molar-refractivity contribution in [1.82, 2.24) is 0 Å². The van der Waals surface area contributed by atoms with Crippen LogP contribution < -0.4 is 9.47 Å². The van der Waals surface area contributed by atoms with Gasteiger partial charge in [0.2, 0.25) is 0 Å². The number of rotatable bonds is 6. The molecular formula is C26H36O9. The third-order valence-corrected chi connectivity index (χ3v) is 8.44. The summed E-state index contributed by atoms with van der Waals surface area (Å²) in [7, 11) is 2.99. The van der Waals surface area contributed by atoms with Crippen molar-refractivity contribution in [2.45, 2.75) is 83.1 Å². The lowest BCUT2D eigenvalue weighted by Crippen LogP contribution is -2.55. The fourth-order valence-electron chi connectivity index (χ4n) is 6.38. The van der Waals surface area contributed by atoms with E-state index in [2.05, 4.69) is 0 Å². The van der Waals surface area contributed by atoms with Crippen molar-refractivity contribution in [3.8, 4) is 11.5 Å². The number of fused-ring (bicyclic) bond motifs is 2. The van der Waals surface area contributed by atoms with E-state index in [0.29, 0.717) is 11.5 Å². The summed E-state index contributed by atoms with van der Waals surface area (Å²) in [6, 6.07) is 4.74. The lowest BCUT2D eigenvalue weighted by atomic mass is 9.66. The van der Waals surface area contributed by atoms with Crippen LogP contribution in [0.25, 0.3) is 0 Å². The summed E-state index contributed by atoms with van der Waals surface area (Å²) < 4.78 is 28.2. The molecule has 0 spiro atoms. The van der Waals surface area contributed by atoms with E-state index in [9.17, 15) is 19.8 Å². The molecule has 35 heavy (non-hydrogen) atoms. The average Bonchev–Trinajstić information content (AvgIpc) is 3.40. The van der Waals surface area contributed by atoms with Gasteiger partial charge in [-0.15, -0.1) is 0 Å². The van der Waals surface area contributed by atoms with Crippen LogP contribution in [0.3, 0.4) is 0 Å². The Hall–Kier alpha value is -2.36. The van der Waals surface area contributed by atoms with Gasteiger partial charge in [0.15, 0.2) is 11.5 Å². The van der Waals surface area contributed by atoms with Gasteiger partial charge in [0.1, 0.15) is 18.3 Å². The fourth-order valence-corrected chi connectivity index (χ4v) is 6.38. The molecule has 0 aromatic heterocycles. The molecule has 3 aliphatic rings. The number of aliphatic hydroxyl groups excluding tert-OH is 1. The summed E-state index contributed by atoms with van der Waals surface area (Å²) in [5, 5.41) is 23.5. The minimum atomic E-state index is -1.36. The highest BCUT2D eigenvalue weighted by Crippen LogP contribution is 2.64. The summed E-state index contributed by atoms with van der Waals surface area (Å²) in [5.41, 5.74) is -2.93. The van der Waals surface area contributed by atoms with Gasteiger partial charge in [-0.1, -0.05) is 20.8 Å². The number of benzene rings is 1. The Morgan fingerprint density at radius 1 is 1.09 bits per heavy atom. The highest BCUT2D eigenvalue weighted by molar-refractivity contribution is 5.90. The molecule has 9 nitrogen and oxygen atoms in total. The maximum absolute atomic E-state index is 13.3. The van der Waals surface area contributed by atoms with Crippen molar-refractivity contribution < 1.29 is 43.5 Å². The molecule has 4 rings (SSSR count). The van der Waals surface area contributed by atoms with Crippen molar-refractivity contribution in [3.05, 3.63) is 23.8 Å². The molecule has 2 saturated carbocycles. The van der Waals surface area contributed by atoms with Gasteiger partial charge in [0, 0.05) is 31.1 Å². The smallest absolute Gasteiger partial charge is 0.338 e. The minimum Gasteiger partial charge on any atom is -0.493 e. The van der Waals surface area contributed by atoms with Crippen LogP contribution in [0.4, 0.5) is 0 Å². The van der Waals surface area contributed by atoms with Crippen LogP contribution in [0.15, 0.2) is 18.2 Å². The highest BCUT2D eigenvalue weighted by atomic mass is 16.6. The zero-order valence-corrected chi connectivity index (χ0v) is 21.4. The lowest BCUT2D eigenvalue weighted by molar-refractivity contribution is -0.168. The maximum atomic E-state index is 13.3. The Morgan fingerprint density at radius 3 is 2.31 bits per heavy atom. The van der Waals surface area contributed by atoms with E-state index >= 15 is 0 Å². The zero-order chi connectivity index (χ0) is 25.9. The van der Waals surface area contributed by atoms with Crippen LogP contribution in [-0.4, -0.2) is 72.0 Å². The Kier molecular flexibility index (Phi) is 6.35. The maximum Gasteiger partial charge on any atom is 0.338 e. The van der Waals surface area contributed by atoms with Gasteiger partial charge in [-0.25, -0.2) is 4.79 Å². The number of aliphatic hydroxyl groups is 2. The molecule has 1 saturated heterocycles. The number of hydrogen-bond acceptors (Lipinski definition) is 9. The third-order valence-electron chi connectivity index (χ3n) is 8.44. The highest BCUT2D eigenvalue weighted by Gasteiger charge is 2.75. The lowest BCUT2D eigenvalue weighted by Gasteiger charge is -2.45. The van der Waals surface area contributed by atoms with Crippen LogP contribution in [0.5, 0.6) is 11.5 Å². The van der Waals surface area contributed by atoms with Gasteiger partial charge in [-0.3, -0.25) is 4.79 Å². The Bertz CT molecular complexity index is 1010. The summed E-state index contributed by atoms with van der Waals surface area (Å²) >= 11 is 0. The van der Waals surface area contributed by atoms with Crippen LogP contribution >= 0.6 is 0 Å². The Balaban J connectivity index is 1.76. The van der Waals surface area contributed by atoms with Crippen LogP contribution in [0.1, 0.15) is 57.8 Å². The van der Waals surface area contributed by atoms with Gasteiger partial charge in [0.25, 0.3) is 0 Å². The first-order valence-electron chi connectivity index (χ1n) is 12.0. The first kappa shape index (κ1) is 25.7. The first-order valence-corrected chi connectivity index (χ1v) is 12.0. The topological polar surface area (TPSA) is 124 Å². The van der Waals surface area contributed by atoms with Gasteiger partial charge in [-0.2, -0.15) is 0 Å². The van der Waals surface area contributed by atoms with E-state index in [-0.39, 0.29) is 24.3 Å². The van der Waals surface area contributed by atoms with E-state index in [4.69, 9.17) is 23.7 Å². The van der Waals surface area contributed by atoms with Gasteiger partial charge < -0.3 is 33.9 Å². The second-order valence-corrected chi connectivity index (χ2v) is 10.8. The number of carbonyl (C=O) groups excluding carboxylic acids is 2. The zero-order valence-electron chi connectivity index (χ0n) is 21.4. The molecule has 194 valence electrons. The quantitative estimate of drug-likeness (QED) is 0.455. The molecule has 1 aliphatic heterocycles. The number of hydrogen-bond donors (Lipinski definition) is 2. The predicted molar refractivity (Wildman–Crippen MR) is 124 cm³/mol. The van der Waals surface area contributed by atoms with Crippen LogP contribution in [0.2, 0.25) is 0 Å². The average molecular weight is 493 g/mol. The molecule has 9 heteroatoms. The first-order chi connectivity index (χ1) is 16.3. The monoisotopic (exact) mass is 492 g/mol. The third kappa shape index (κ3) is 3.97. The molecule has 1 aromatic carbocycles. The molecule has 0 bridgehead atoms. The number of carbonyl (C=O) groups is 2. The second-order valence-electron chi connectivity index (χ2n) is 10.8. The number of esters is 2. The molecular weight excluding hydrogens is 456 g/mol. The van der Waals surface area contributed by atoms with E-state index in [1.807, 2.05) is 20.8 Å². The van der Waals surface area contributed by atoms with Gasteiger partial charge >= 0.3 is 11.9 Å². The fraction of sp³-hybridized carbons (Fsp3) is 0.692. The van der Waals surface area contributed by atoms with Crippen LogP contribution in [0, 0.1) is 17.3 Å². The molecule has 3 fully saturated rings. The van der Waals surface area contributed by atoms with E-state index in [1.54, 1.807) is 19.1 Å². The van der Waals surface area contributed by atoms with E-state index in [1.165, 1.54) is 27.2 Å². The summed E-state index contributed by atoms with van der Waals surface area (Å²) in [4.78, 5) is 25.3. The Morgan fingerprint density at radius 2 is 1.74 bits per heavy atom. The minimum absolute atomic E-state index is 0.121. The Labute approximate surface area is 205 Å². The summed E-state index contributed by atoms with van der Waals surface area (Å²) in [6.07, 6.45) is -2.72. The molecule has 0 radical (unpaired) electrons. The van der Waals surface area contributed by atoms with Gasteiger partial charge in [-0.05, 0) is 31.0 Å². The van der Waals surface area contributed by atoms with Crippen molar-refractivity contribution in [2.24, 2.45) is 17.3 Å². The van der Waals surface area contributed by atoms with Gasteiger partial charge in [0.05, 0.1) is 37.1 Å². The number of methoxy groups -OCH3 is 2. The molecule has 1 aromatic rings. The normalized spacial score (nSPS) is 39.8. The largest absolute Gasteiger partial charge is 0.493 e. The van der Waals surface area contributed by atoms with Crippen molar-refractivity contribution >= 4 is 11.9 Å². The predicted octanol–water partition coefficient (Wildman–Crippen LogP) is 2.50. The van der Waals surface area contributed by atoms with E-state index in [0.717, 1.165) is 0 Å². The van der Waals surface area contributed by atoms with Crippen LogP contribution in [-0.2, 0) is 19.0 Å². The van der Waals surface area contributed by atoms with Crippen molar-refractivity contribution in [3.63, 3.8) is 0 Å². The number of ether oxygens (including phenoxy) is 5. The molecule has 2 N–H and O–H groups in total. The number of epoxide rings is 1. The molecule has 0 amide bonds. The van der Waals surface area contributed by atoms with Crippen molar-refractivity contribution in [1.29, 1.82) is 0 Å². The van der Waals surface area contributed by atoms with Crippen molar-refractivity contribution in [2.75, 3.05) is 14.2 Å². The second kappa shape index (κ2) is 8.64. The standard InChI is InChI=1S/C26H36O9/c1-13(2)26(30)12-19(33-14(3)27)25(5)20(26)18(11-24(4)22(35-24)21(25)28)34-23(29)15-8-9-16(31-6)17(10-15)32-7/h8-10,13,18-22,28,30H,11-12H2,1-7H3/t18-,19-,20+,21+,22-,24+,25-,26+/m0/s1. The molecule has 2 aliphatic carbocycles. The molecule has 8 atom stereocenters. The molecule has 1 heterocycles. The summed E-state index contributed by atoms with van der Waals surface area (Å²) in [6.45, 7) is 8.71.